The van der Waals surface area contributed by atoms with Gasteiger partial charge < -0.3 is 19.0 Å². The highest BCUT2D eigenvalue weighted by molar-refractivity contribution is 7.39. The largest absolute Gasteiger partial charge is 0.379 e. The van der Waals surface area contributed by atoms with Gasteiger partial charge in [0.25, 0.3) is 0 Å². The first-order valence-corrected chi connectivity index (χ1v) is 11.8. The molecule has 5 heteroatoms. The lowest BCUT2D eigenvalue weighted by Gasteiger charge is -2.06. The summed E-state index contributed by atoms with van der Waals surface area (Å²) in [7, 11) is -2.23. The Morgan fingerprint density at radius 1 is 0.520 bits per heavy atom. The molecule has 0 aliphatic rings. The SMILES string of the molecule is CCCCCCCCCCCCCCCCCCOCCOP(O)O. The molecule has 4 nitrogen and oxygen atoms in total. The lowest BCUT2D eigenvalue weighted by Crippen LogP contribution is -2.03. The maximum Gasteiger partial charge on any atom is 0.327 e. The minimum atomic E-state index is -2.23. The van der Waals surface area contributed by atoms with Crippen molar-refractivity contribution in [1.82, 2.24) is 0 Å². The van der Waals surface area contributed by atoms with Crippen molar-refractivity contribution in [2.24, 2.45) is 0 Å². The Hall–Kier alpha value is 0.270. The van der Waals surface area contributed by atoms with E-state index in [-0.39, 0.29) is 6.61 Å². The summed E-state index contributed by atoms with van der Waals surface area (Å²) in [5.74, 6) is 0. The van der Waals surface area contributed by atoms with Crippen molar-refractivity contribution in [3.05, 3.63) is 0 Å². The third kappa shape index (κ3) is 24.3. The topological polar surface area (TPSA) is 58.9 Å². The van der Waals surface area contributed by atoms with Gasteiger partial charge in [-0.25, -0.2) is 0 Å². The van der Waals surface area contributed by atoms with Crippen molar-refractivity contribution in [2.45, 2.75) is 110 Å². The van der Waals surface area contributed by atoms with Gasteiger partial charge in [-0.3, -0.25) is 0 Å². The highest BCUT2D eigenvalue weighted by Gasteiger charge is 1.98. The molecule has 0 saturated carbocycles. The molecule has 0 heterocycles. The highest BCUT2D eigenvalue weighted by atomic mass is 31.2. The van der Waals surface area contributed by atoms with Gasteiger partial charge in [0.05, 0.1) is 13.2 Å². The second-order valence-corrected chi connectivity index (χ2v) is 7.77. The smallest absolute Gasteiger partial charge is 0.327 e. The van der Waals surface area contributed by atoms with Gasteiger partial charge in [-0.1, -0.05) is 103 Å². The number of unbranched alkanes of at least 4 members (excludes halogenated alkanes) is 15. The van der Waals surface area contributed by atoms with Crippen LogP contribution in [0.4, 0.5) is 0 Å². The molecule has 25 heavy (non-hydrogen) atoms. The molecular formula is C20H43O4P. The Kier molecular flexibility index (Phi) is 22.6. The molecule has 0 aliphatic carbocycles. The monoisotopic (exact) mass is 378 g/mol. The van der Waals surface area contributed by atoms with Gasteiger partial charge in [0.15, 0.2) is 0 Å². The fourth-order valence-electron chi connectivity index (χ4n) is 3.03. The predicted molar refractivity (Wildman–Crippen MR) is 108 cm³/mol. The minimum absolute atomic E-state index is 0.261. The summed E-state index contributed by atoms with van der Waals surface area (Å²) < 4.78 is 9.99. The van der Waals surface area contributed by atoms with Crippen molar-refractivity contribution in [3.8, 4) is 0 Å². The fourth-order valence-corrected chi connectivity index (χ4v) is 3.27. The van der Waals surface area contributed by atoms with E-state index in [9.17, 15) is 0 Å². The van der Waals surface area contributed by atoms with E-state index in [1.165, 1.54) is 96.3 Å². The van der Waals surface area contributed by atoms with E-state index in [0.29, 0.717) is 6.61 Å². The van der Waals surface area contributed by atoms with E-state index in [2.05, 4.69) is 11.4 Å². The van der Waals surface area contributed by atoms with E-state index in [1.54, 1.807) is 0 Å². The van der Waals surface area contributed by atoms with Crippen LogP contribution in [0.15, 0.2) is 0 Å². The molecule has 0 aromatic rings. The molecule has 0 radical (unpaired) electrons. The first-order valence-electron chi connectivity index (χ1n) is 10.7. The lowest BCUT2D eigenvalue weighted by molar-refractivity contribution is 0.0920. The minimum Gasteiger partial charge on any atom is -0.379 e. The van der Waals surface area contributed by atoms with Crippen LogP contribution in [0.3, 0.4) is 0 Å². The fraction of sp³-hybridized carbons (Fsp3) is 1.00. The molecule has 0 fully saturated rings. The van der Waals surface area contributed by atoms with Crippen molar-refractivity contribution in [3.63, 3.8) is 0 Å². The van der Waals surface area contributed by atoms with Crippen molar-refractivity contribution < 1.29 is 19.0 Å². The molecule has 0 unspecified atom stereocenters. The van der Waals surface area contributed by atoms with Crippen molar-refractivity contribution in [1.29, 1.82) is 0 Å². The van der Waals surface area contributed by atoms with Gasteiger partial charge >= 0.3 is 8.60 Å². The van der Waals surface area contributed by atoms with Crippen LogP contribution in [0.2, 0.25) is 0 Å². The second kappa shape index (κ2) is 22.3. The van der Waals surface area contributed by atoms with Gasteiger partial charge in [-0.15, -0.1) is 0 Å². The van der Waals surface area contributed by atoms with Crippen LogP contribution in [-0.2, 0) is 9.26 Å². The van der Waals surface area contributed by atoms with E-state index in [4.69, 9.17) is 14.5 Å². The number of hydrogen-bond donors (Lipinski definition) is 2. The number of ether oxygens (including phenoxy) is 1. The second-order valence-electron chi connectivity index (χ2n) is 7.00. The van der Waals surface area contributed by atoms with Gasteiger partial charge in [-0.2, -0.15) is 0 Å². The molecule has 0 aromatic heterocycles. The summed E-state index contributed by atoms with van der Waals surface area (Å²) in [5, 5.41) is 0. The average Bonchev–Trinajstić information content (AvgIpc) is 2.60. The lowest BCUT2D eigenvalue weighted by atomic mass is 10.0. The van der Waals surface area contributed by atoms with Gasteiger partial charge in [-0.05, 0) is 6.42 Å². The van der Waals surface area contributed by atoms with Gasteiger partial charge in [0.2, 0.25) is 0 Å². The first-order chi connectivity index (χ1) is 12.3. The van der Waals surface area contributed by atoms with Crippen molar-refractivity contribution >= 4 is 8.60 Å². The summed E-state index contributed by atoms with van der Waals surface area (Å²) in [4.78, 5) is 17.1. The van der Waals surface area contributed by atoms with Crippen LogP contribution in [0.25, 0.3) is 0 Å². The molecule has 0 spiro atoms. The molecule has 2 N–H and O–H groups in total. The Bertz CT molecular complexity index is 240. The molecular weight excluding hydrogens is 335 g/mol. The Morgan fingerprint density at radius 3 is 1.32 bits per heavy atom. The quantitative estimate of drug-likeness (QED) is 0.177. The first kappa shape index (κ1) is 25.3. The summed E-state index contributed by atoms with van der Waals surface area (Å²) >= 11 is 0. The van der Waals surface area contributed by atoms with E-state index in [1.807, 2.05) is 0 Å². The predicted octanol–water partition coefficient (Wildman–Crippen LogP) is 6.49. The normalized spacial score (nSPS) is 11.5. The summed E-state index contributed by atoms with van der Waals surface area (Å²) in [6, 6.07) is 0. The molecule has 0 amide bonds. The molecule has 0 aromatic carbocycles. The molecule has 0 atom stereocenters. The maximum absolute atomic E-state index is 8.55. The summed E-state index contributed by atoms with van der Waals surface area (Å²) in [6.07, 6.45) is 22.0. The Balaban J connectivity index is 2.96. The zero-order chi connectivity index (χ0) is 18.4. The van der Waals surface area contributed by atoms with Crippen LogP contribution in [0, 0.1) is 0 Å². The third-order valence-electron chi connectivity index (χ3n) is 4.58. The molecule has 0 aliphatic heterocycles. The maximum atomic E-state index is 8.55. The Labute approximate surface area is 157 Å². The third-order valence-corrected chi connectivity index (χ3v) is 4.99. The van der Waals surface area contributed by atoms with E-state index in [0.717, 1.165) is 13.0 Å². The average molecular weight is 379 g/mol. The highest BCUT2D eigenvalue weighted by Crippen LogP contribution is 2.23. The van der Waals surface area contributed by atoms with Gasteiger partial charge in [0, 0.05) is 6.61 Å². The van der Waals surface area contributed by atoms with Crippen LogP contribution in [0.5, 0.6) is 0 Å². The molecule has 152 valence electrons. The van der Waals surface area contributed by atoms with Crippen LogP contribution in [0.1, 0.15) is 110 Å². The van der Waals surface area contributed by atoms with Crippen LogP contribution >= 0.6 is 8.60 Å². The van der Waals surface area contributed by atoms with E-state index < -0.39 is 8.60 Å². The number of hydrogen-bond acceptors (Lipinski definition) is 4. The zero-order valence-electron chi connectivity index (χ0n) is 16.6. The molecule has 0 rings (SSSR count). The van der Waals surface area contributed by atoms with Crippen LogP contribution < -0.4 is 0 Å². The van der Waals surface area contributed by atoms with E-state index >= 15 is 0 Å². The zero-order valence-corrected chi connectivity index (χ0v) is 17.5. The summed E-state index contributed by atoms with van der Waals surface area (Å²) in [5.41, 5.74) is 0. The number of rotatable bonds is 21. The van der Waals surface area contributed by atoms with Gasteiger partial charge in [0.1, 0.15) is 0 Å². The standard InChI is InChI=1S/C20H43O4P/c1-2-3-4-5-6-7-8-9-10-11-12-13-14-15-16-17-18-23-19-20-24-25(21)22/h21-22H,2-20H2,1H3. The molecule has 0 bridgehead atoms. The van der Waals surface area contributed by atoms with Crippen molar-refractivity contribution in [2.75, 3.05) is 19.8 Å². The Morgan fingerprint density at radius 2 is 0.920 bits per heavy atom. The van der Waals surface area contributed by atoms with Crippen LogP contribution in [-0.4, -0.2) is 29.6 Å². The summed E-state index contributed by atoms with van der Waals surface area (Å²) in [6.45, 7) is 3.73. The molecule has 0 saturated heterocycles.